The fraction of sp³-hybridized carbons (Fsp3) is 0.600. The second-order valence-electron chi connectivity index (χ2n) is 6.87. The summed E-state index contributed by atoms with van der Waals surface area (Å²) < 4.78 is 5.28. The number of rotatable bonds is 5. The SMILES string of the molecule is CCOC(=O)C1(NC(=O)Cc2ccc(C)cc2C)CCCCCC1. The van der Waals surface area contributed by atoms with Crippen LogP contribution in [0.1, 0.15) is 62.1 Å². The molecular formula is C20H29NO3. The predicted molar refractivity (Wildman–Crippen MR) is 94.8 cm³/mol. The lowest BCUT2D eigenvalue weighted by molar-refractivity contribution is -0.154. The van der Waals surface area contributed by atoms with Crippen molar-refractivity contribution in [2.24, 2.45) is 0 Å². The molecule has 24 heavy (non-hydrogen) atoms. The molecule has 0 radical (unpaired) electrons. The van der Waals surface area contributed by atoms with Crippen molar-refractivity contribution in [1.82, 2.24) is 5.32 Å². The van der Waals surface area contributed by atoms with E-state index in [0.29, 0.717) is 25.9 Å². The number of benzene rings is 1. The Bertz CT molecular complexity index is 587. The molecule has 1 aromatic rings. The van der Waals surface area contributed by atoms with Crippen molar-refractivity contribution >= 4 is 11.9 Å². The number of hydrogen-bond acceptors (Lipinski definition) is 3. The lowest BCUT2D eigenvalue weighted by Crippen LogP contribution is -2.55. The Labute approximate surface area is 145 Å². The maximum Gasteiger partial charge on any atom is 0.331 e. The molecule has 0 bridgehead atoms. The monoisotopic (exact) mass is 331 g/mol. The first-order valence-electron chi connectivity index (χ1n) is 9.01. The van der Waals surface area contributed by atoms with Gasteiger partial charge in [0, 0.05) is 0 Å². The van der Waals surface area contributed by atoms with Gasteiger partial charge in [-0.1, -0.05) is 49.4 Å². The first-order valence-corrected chi connectivity index (χ1v) is 9.01. The number of carbonyl (C=O) groups excluding carboxylic acids is 2. The van der Waals surface area contributed by atoms with Gasteiger partial charge in [-0.05, 0) is 44.7 Å². The Hall–Kier alpha value is -1.84. The Morgan fingerprint density at radius 2 is 1.79 bits per heavy atom. The average molecular weight is 331 g/mol. The molecular weight excluding hydrogens is 302 g/mol. The summed E-state index contributed by atoms with van der Waals surface area (Å²) in [6.45, 7) is 6.20. The third-order valence-corrected chi connectivity index (χ3v) is 4.85. The van der Waals surface area contributed by atoms with Gasteiger partial charge < -0.3 is 10.1 Å². The van der Waals surface area contributed by atoms with Crippen LogP contribution < -0.4 is 5.32 Å². The molecule has 0 unspecified atom stereocenters. The molecule has 1 aliphatic carbocycles. The highest BCUT2D eigenvalue weighted by molar-refractivity contribution is 5.89. The molecule has 2 rings (SSSR count). The summed E-state index contributed by atoms with van der Waals surface area (Å²) in [5.41, 5.74) is 2.45. The van der Waals surface area contributed by atoms with Crippen molar-refractivity contribution in [1.29, 1.82) is 0 Å². The van der Waals surface area contributed by atoms with E-state index in [9.17, 15) is 9.59 Å². The number of amides is 1. The highest BCUT2D eigenvalue weighted by Crippen LogP contribution is 2.29. The summed E-state index contributed by atoms with van der Waals surface area (Å²) in [5, 5.41) is 3.03. The summed E-state index contributed by atoms with van der Waals surface area (Å²) in [4.78, 5) is 25.2. The summed E-state index contributed by atoms with van der Waals surface area (Å²) in [7, 11) is 0. The Balaban J connectivity index is 2.12. The molecule has 4 nitrogen and oxygen atoms in total. The quantitative estimate of drug-likeness (QED) is 0.662. The van der Waals surface area contributed by atoms with Crippen LogP contribution in [0.3, 0.4) is 0 Å². The molecule has 1 saturated carbocycles. The van der Waals surface area contributed by atoms with E-state index in [2.05, 4.69) is 11.4 Å². The van der Waals surface area contributed by atoms with Crippen LogP contribution in [0.4, 0.5) is 0 Å². The van der Waals surface area contributed by atoms with Crippen LogP contribution in [-0.4, -0.2) is 24.0 Å². The van der Waals surface area contributed by atoms with Gasteiger partial charge in [-0.15, -0.1) is 0 Å². The van der Waals surface area contributed by atoms with Crippen LogP contribution in [0, 0.1) is 13.8 Å². The van der Waals surface area contributed by atoms with Gasteiger partial charge in [0.2, 0.25) is 5.91 Å². The maximum atomic E-state index is 12.6. The minimum atomic E-state index is -0.845. The molecule has 0 atom stereocenters. The number of nitrogens with one attached hydrogen (secondary N) is 1. The highest BCUT2D eigenvalue weighted by atomic mass is 16.5. The van der Waals surface area contributed by atoms with Crippen molar-refractivity contribution in [2.45, 2.75) is 71.3 Å². The predicted octanol–water partition coefficient (Wildman–Crippen LogP) is 3.62. The van der Waals surface area contributed by atoms with Gasteiger partial charge in [-0.3, -0.25) is 4.79 Å². The fourth-order valence-electron chi connectivity index (χ4n) is 3.51. The minimum Gasteiger partial charge on any atom is -0.464 e. The van der Waals surface area contributed by atoms with E-state index in [1.807, 2.05) is 26.0 Å². The van der Waals surface area contributed by atoms with Crippen LogP contribution in [-0.2, 0) is 20.7 Å². The number of hydrogen-bond donors (Lipinski definition) is 1. The highest BCUT2D eigenvalue weighted by Gasteiger charge is 2.41. The Morgan fingerprint density at radius 3 is 2.38 bits per heavy atom. The van der Waals surface area contributed by atoms with Crippen molar-refractivity contribution in [3.8, 4) is 0 Å². The lowest BCUT2D eigenvalue weighted by atomic mass is 9.89. The summed E-state index contributed by atoms with van der Waals surface area (Å²) in [6.07, 6.45) is 5.75. The van der Waals surface area contributed by atoms with Crippen molar-refractivity contribution < 1.29 is 14.3 Å². The van der Waals surface area contributed by atoms with Crippen molar-refractivity contribution in [2.75, 3.05) is 6.61 Å². The topological polar surface area (TPSA) is 55.4 Å². The molecule has 0 spiro atoms. The first kappa shape index (κ1) is 18.5. The van der Waals surface area contributed by atoms with Gasteiger partial charge in [0.1, 0.15) is 5.54 Å². The molecule has 1 aliphatic rings. The van der Waals surface area contributed by atoms with E-state index < -0.39 is 5.54 Å². The summed E-state index contributed by atoms with van der Waals surface area (Å²) in [6, 6.07) is 6.09. The van der Waals surface area contributed by atoms with Gasteiger partial charge in [0.05, 0.1) is 13.0 Å². The van der Waals surface area contributed by atoms with E-state index in [1.165, 1.54) is 5.56 Å². The average Bonchev–Trinajstić information content (AvgIpc) is 2.77. The van der Waals surface area contributed by atoms with Crippen LogP contribution in [0.15, 0.2) is 18.2 Å². The molecule has 0 heterocycles. The second kappa shape index (κ2) is 8.32. The smallest absolute Gasteiger partial charge is 0.331 e. The van der Waals surface area contributed by atoms with E-state index in [4.69, 9.17) is 4.74 Å². The Morgan fingerprint density at radius 1 is 1.12 bits per heavy atom. The molecule has 1 fully saturated rings. The normalized spacial score (nSPS) is 17.0. The van der Waals surface area contributed by atoms with Gasteiger partial charge in [-0.25, -0.2) is 4.79 Å². The fourth-order valence-corrected chi connectivity index (χ4v) is 3.51. The molecule has 1 amide bonds. The van der Waals surface area contributed by atoms with E-state index in [0.717, 1.165) is 36.8 Å². The molecule has 0 aromatic heterocycles. The minimum absolute atomic E-state index is 0.100. The number of esters is 1. The maximum absolute atomic E-state index is 12.6. The zero-order valence-electron chi connectivity index (χ0n) is 15.1. The van der Waals surface area contributed by atoms with E-state index in [-0.39, 0.29) is 11.9 Å². The van der Waals surface area contributed by atoms with Crippen molar-refractivity contribution in [3.63, 3.8) is 0 Å². The zero-order chi connectivity index (χ0) is 17.6. The summed E-state index contributed by atoms with van der Waals surface area (Å²) >= 11 is 0. The molecule has 0 saturated heterocycles. The second-order valence-corrected chi connectivity index (χ2v) is 6.87. The lowest BCUT2D eigenvalue weighted by Gasteiger charge is -2.31. The van der Waals surface area contributed by atoms with Gasteiger partial charge in [-0.2, -0.15) is 0 Å². The standard InChI is InChI=1S/C20H29NO3/c1-4-24-19(23)20(11-7-5-6-8-12-20)21-18(22)14-17-10-9-15(2)13-16(17)3/h9-10,13H,4-8,11-12,14H2,1-3H3,(H,21,22). The van der Waals surface area contributed by atoms with Gasteiger partial charge in [0.25, 0.3) is 0 Å². The van der Waals surface area contributed by atoms with E-state index in [1.54, 1.807) is 6.92 Å². The number of ether oxygens (including phenoxy) is 1. The van der Waals surface area contributed by atoms with Crippen LogP contribution >= 0.6 is 0 Å². The first-order chi connectivity index (χ1) is 11.5. The molecule has 4 heteroatoms. The van der Waals surface area contributed by atoms with Crippen molar-refractivity contribution in [3.05, 3.63) is 34.9 Å². The molecule has 1 aromatic carbocycles. The molecule has 132 valence electrons. The third kappa shape index (κ3) is 4.59. The van der Waals surface area contributed by atoms with Gasteiger partial charge >= 0.3 is 5.97 Å². The number of carbonyl (C=O) groups is 2. The molecule has 1 N–H and O–H groups in total. The van der Waals surface area contributed by atoms with Crippen LogP contribution in [0.5, 0.6) is 0 Å². The number of aryl methyl sites for hydroxylation is 2. The van der Waals surface area contributed by atoms with Crippen LogP contribution in [0.2, 0.25) is 0 Å². The Kier molecular flexibility index (Phi) is 6.41. The molecule has 0 aliphatic heterocycles. The zero-order valence-corrected chi connectivity index (χ0v) is 15.1. The van der Waals surface area contributed by atoms with E-state index >= 15 is 0 Å². The third-order valence-electron chi connectivity index (χ3n) is 4.85. The summed E-state index contributed by atoms with van der Waals surface area (Å²) in [5.74, 6) is -0.377. The van der Waals surface area contributed by atoms with Gasteiger partial charge in [0.15, 0.2) is 0 Å². The largest absolute Gasteiger partial charge is 0.464 e. The van der Waals surface area contributed by atoms with Crippen LogP contribution in [0.25, 0.3) is 0 Å².